The van der Waals surface area contributed by atoms with Gasteiger partial charge in [-0.1, -0.05) is 61.7 Å². The Morgan fingerprint density at radius 1 is 1.14 bits per heavy atom. The monoisotopic (exact) mass is 387 g/mol. The van der Waals surface area contributed by atoms with Gasteiger partial charge in [-0.2, -0.15) is 0 Å². The number of nitrogens with zero attached hydrogens (tertiary/aromatic N) is 1. The van der Waals surface area contributed by atoms with Gasteiger partial charge >= 0.3 is 5.97 Å². The highest BCUT2D eigenvalue weighted by Gasteiger charge is 2.24. The number of carbonyl (C=O) groups excluding carboxylic acids is 1. The first kappa shape index (κ1) is 22.2. The van der Waals surface area contributed by atoms with E-state index in [-0.39, 0.29) is 18.4 Å². The fraction of sp³-hybridized carbons (Fsp3) is 0.565. The number of unbranched alkanes of at least 4 members (excludes halogenated alkanes) is 3. The summed E-state index contributed by atoms with van der Waals surface area (Å²) >= 11 is 0. The smallest absolute Gasteiger partial charge is 0.303 e. The van der Waals surface area contributed by atoms with E-state index in [1.807, 2.05) is 47.4 Å². The average molecular weight is 388 g/mol. The van der Waals surface area contributed by atoms with Gasteiger partial charge in [0.05, 0.1) is 12.1 Å². The lowest BCUT2D eigenvalue weighted by atomic mass is 10.0. The van der Waals surface area contributed by atoms with E-state index >= 15 is 0 Å². The first-order chi connectivity index (χ1) is 13.6. The van der Waals surface area contributed by atoms with Gasteiger partial charge in [0.25, 0.3) is 0 Å². The summed E-state index contributed by atoms with van der Waals surface area (Å²) in [6.45, 7) is 0.704. The van der Waals surface area contributed by atoms with Crippen molar-refractivity contribution in [3.05, 3.63) is 48.0 Å². The molecule has 28 heavy (non-hydrogen) atoms. The van der Waals surface area contributed by atoms with Crippen molar-refractivity contribution in [3.8, 4) is 0 Å². The predicted octanol–water partition coefficient (Wildman–Crippen LogP) is 3.95. The lowest BCUT2D eigenvalue weighted by Crippen LogP contribution is -2.38. The van der Waals surface area contributed by atoms with Crippen LogP contribution in [0.15, 0.2) is 42.5 Å². The van der Waals surface area contributed by atoms with Crippen LogP contribution in [0.1, 0.15) is 63.4 Å². The summed E-state index contributed by atoms with van der Waals surface area (Å²) in [4.78, 5) is 25.0. The number of rotatable bonds is 11. The molecule has 1 saturated heterocycles. The molecule has 1 aliphatic heterocycles. The molecule has 1 aromatic rings. The SMILES string of the molecule is O=C(O)CCCCCCN1C(=O)CCCCC1/C=C/C(O)Cc1ccccc1. The van der Waals surface area contributed by atoms with Crippen molar-refractivity contribution < 1.29 is 19.8 Å². The number of amides is 1. The van der Waals surface area contributed by atoms with Gasteiger partial charge in [0, 0.05) is 25.8 Å². The van der Waals surface area contributed by atoms with E-state index in [0.29, 0.717) is 25.8 Å². The Kier molecular flexibility index (Phi) is 9.77. The predicted molar refractivity (Wildman–Crippen MR) is 110 cm³/mol. The summed E-state index contributed by atoms with van der Waals surface area (Å²) in [7, 11) is 0. The summed E-state index contributed by atoms with van der Waals surface area (Å²) < 4.78 is 0. The van der Waals surface area contributed by atoms with Crippen molar-refractivity contribution in [1.82, 2.24) is 4.90 Å². The third kappa shape index (κ3) is 8.26. The summed E-state index contributed by atoms with van der Waals surface area (Å²) in [6.07, 6.45) is 10.9. The summed E-state index contributed by atoms with van der Waals surface area (Å²) in [5.41, 5.74) is 1.09. The van der Waals surface area contributed by atoms with Crippen LogP contribution in [0.2, 0.25) is 0 Å². The van der Waals surface area contributed by atoms with Crippen LogP contribution in [0, 0.1) is 0 Å². The number of carboxylic acids is 1. The molecule has 0 radical (unpaired) electrons. The quantitative estimate of drug-likeness (QED) is 0.445. The molecule has 1 amide bonds. The molecule has 0 bridgehead atoms. The fourth-order valence-corrected chi connectivity index (χ4v) is 3.70. The van der Waals surface area contributed by atoms with Crippen LogP contribution < -0.4 is 0 Å². The van der Waals surface area contributed by atoms with E-state index in [9.17, 15) is 14.7 Å². The molecule has 2 N–H and O–H groups in total. The number of aliphatic hydroxyl groups excluding tert-OH is 1. The first-order valence-corrected chi connectivity index (χ1v) is 10.5. The van der Waals surface area contributed by atoms with E-state index in [0.717, 1.165) is 44.1 Å². The molecule has 5 nitrogen and oxygen atoms in total. The molecule has 154 valence electrons. The number of benzene rings is 1. The van der Waals surface area contributed by atoms with E-state index in [4.69, 9.17) is 5.11 Å². The number of carbonyl (C=O) groups is 2. The van der Waals surface area contributed by atoms with E-state index < -0.39 is 12.1 Å². The standard InChI is InChI=1S/C23H33NO4/c25-21(18-19-10-4-3-5-11-19)16-15-20-12-7-8-13-22(26)24(20)17-9-2-1-6-14-23(27)28/h3-5,10-11,15-16,20-21,25H,1-2,6-9,12-14,17-18H2,(H,27,28)/b16-15+. The van der Waals surface area contributed by atoms with Gasteiger partial charge in [0.2, 0.25) is 5.91 Å². The zero-order valence-corrected chi connectivity index (χ0v) is 16.6. The molecular formula is C23H33NO4. The van der Waals surface area contributed by atoms with Crippen LogP contribution in [0.4, 0.5) is 0 Å². The van der Waals surface area contributed by atoms with Crippen LogP contribution in [0.3, 0.4) is 0 Å². The first-order valence-electron chi connectivity index (χ1n) is 10.5. The van der Waals surface area contributed by atoms with Crippen LogP contribution in [-0.4, -0.2) is 45.7 Å². The minimum absolute atomic E-state index is 0.0412. The van der Waals surface area contributed by atoms with Crippen LogP contribution in [-0.2, 0) is 16.0 Å². The zero-order chi connectivity index (χ0) is 20.2. The number of hydrogen-bond acceptors (Lipinski definition) is 3. The summed E-state index contributed by atoms with van der Waals surface area (Å²) in [5.74, 6) is -0.558. The van der Waals surface area contributed by atoms with Crippen LogP contribution in [0.5, 0.6) is 0 Å². The molecule has 0 aromatic heterocycles. The number of aliphatic hydroxyl groups is 1. The van der Waals surface area contributed by atoms with E-state index in [2.05, 4.69) is 0 Å². The number of likely N-dealkylation sites (tertiary alicyclic amines) is 1. The molecule has 5 heteroatoms. The van der Waals surface area contributed by atoms with Gasteiger partial charge < -0.3 is 15.1 Å². The Balaban J connectivity index is 1.85. The molecule has 1 aliphatic rings. The largest absolute Gasteiger partial charge is 0.481 e. The van der Waals surface area contributed by atoms with Crippen molar-refractivity contribution in [2.24, 2.45) is 0 Å². The third-order valence-corrected chi connectivity index (χ3v) is 5.24. The van der Waals surface area contributed by atoms with Crippen molar-refractivity contribution >= 4 is 11.9 Å². The van der Waals surface area contributed by atoms with Crippen molar-refractivity contribution in [1.29, 1.82) is 0 Å². The second-order valence-corrected chi connectivity index (χ2v) is 7.60. The van der Waals surface area contributed by atoms with Gasteiger partial charge in [0.15, 0.2) is 0 Å². The van der Waals surface area contributed by atoms with E-state index in [1.165, 1.54) is 0 Å². The minimum atomic E-state index is -0.748. The lowest BCUT2D eigenvalue weighted by molar-refractivity contribution is -0.137. The summed E-state index contributed by atoms with van der Waals surface area (Å²) in [6, 6.07) is 9.94. The molecule has 0 aliphatic carbocycles. The molecule has 1 fully saturated rings. The van der Waals surface area contributed by atoms with Gasteiger partial charge in [-0.05, 0) is 31.2 Å². The van der Waals surface area contributed by atoms with Gasteiger partial charge in [0.1, 0.15) is 0 Å². The molecule has 0 saturated carbocycles. The zero-order valence-electron chi connectivity index (χ0n) is 16.6. The highest BCUT2D eigenvalue weighted by molar-refractivity contribution is 5.77. The topological polar surface area (TPSA) is 77.8 Å². The van der Waals surface area contributed by atoms with Gasteiger partial charge in [-0.3, -0.25) is 9.59 Å². The maximum absolute atomic E-state index is 12.5. The number of hydrogen-bond donors (Lipinski definition) is 2. The molecule has 1 aromatic carbocycles. The van der Waals surface area contributed by atoms with Crippen molar-refractivity contribution in [2.45, 2.75) is 76.4 Å². The van der Waals surface area contributed by atoms with Crippen LogP contribution >= 0.6 is 0 Å². The van der Waals surface area contributed by atoms with Gasteiger partial charge in [-0.15, -0.1) is 0 Å². The molecule has 2 rings (SSSR count). The Labute approximate surface area is 168 Å². The Morgan fingerprint density at radius 3 is 2.64 bits per heavy atom. The van der Waals surface area contributed by atoms with E-state index in [1.54, 1.807) is 0 Å². The number of aliphatic carboxylic acids is 1. The maximum atomic E-state index is 12.5. The maximum Gasteiger partial charge on any atom is 0.303 e. The normalized spacial score (nSPS) is 19.0. The molecule has 2 unspecified atom stereocenters. The third-order valence-electron chi connectivity index (χ3n) is 5.24. The van der Waals surface area contributed by atoms with Crippen LogP contribution in [0.25, 0.3) is 0 Å². The highest BCUT2D eigenvalue weighted by atomic mass is 16.4. The Morgan fingerprint density at radius 2 is 1.89 bits per heavy atom. The molecule has 1 heterocycles. The van der Waals surface area contributed by atoms with Crippen molar-refractivity contribution in [2.75, 3.05) is 6.54 Å². The second-order valence-electron chi connectivity index (χ2n) is 7.60. The fourth-order valence-electron chi connectivity index (χ4n) is 3.70. The summed E-state index contributed by atoms with van der Waals surface area (Å²) in [5, 5.41) is 19.0. The van der Waals surface area contributed by atoms with Gasteiger partial charge in [-0.25, -0.2) is 0 Å². The average Bonchev–Trinajstić information content (AvgIpc) is 2.85. The lowest BCUT2D eigenvalue weighted by Gasteiger charge is -2.28. The molecule has 0 spiro atoms. The highest BCUT2D eigenvalue weighted by Crippen LogP contribution is 2.20. The Bertz CT molecular complexity index is 629. The number of carboxylic acid groups (broad SMARTS) is 1. The minimum Gasteiger partial charge on any atom is -0.481 e. The van der Waals surface area contributed by atoms with Crippen molar-refractivity contribution in [3.63, 3.8) is 0 Å². The Hall–Kier alpha value is -2.14. The second kappa shape index (κ2) is 12.3. The molecular weight excluding hydrogens is 354 g/mol. The molecule has 2 atom stereocenters.